The molecule has 2 aromatic heterocycles. The highest BCUT2D eigenvalue weighted by Gasteiger charge is 2.22. The normalized spacial score (nSPS) is 12.1. The molecule has 0 aliphatic heterocycles. The summed E-state index contributed by atoms with van der Waals surface area (Å²) in [5, 5.41) is 3.03. The summed E-state index contributed by atoms with van der Waals surface area (Å²) in [6.07, 6.45) is 1.16. The number of H-pyrrole nitrogens is 1. The fourth-order valence-electron chi connectivity index (χ4n) is 1.23. The van der Waals surface area contributed by atoms with Gasteiger partial charge in [-0.15, -0.1) is 0 Å². The molecule has 0 bridgehead atoms. The topological polar surface area (TPSA) is 97.7 Å². The second kappa shape index (κ2) is 3.04. The fraction of sp³-hybridized carbons (Fsp3) is 0.167. The number of hydrogen-bond acceptors (Lipinski definition) is 5. The zero-order valence-electron chi connectivity index (χ0n) is 7.43. The Labute approximate surface area is 88.1 Å². The summed E-state index contributed by atoms with van der Waals surface area (Å²) in [5.41, 5.74) is -0.426. The van der Waals surface area contributed by atoms with Crippen molar-refractivity contribution in [3.05, 3.63) is 16.7 Å². The highest BCUT2D eigenvalue weighted by molar-refractivity contribution is 8.13. The first kappa shape index (κ1) is 10.1. The maximum atomic E-state index is 11.4. The molecule has 0 saturated heterocycles. The SMILES string of the molecule is Cn1nc(S(=O)(=O)Cl)c2c(=O)[nH]cnc21. The molecule has 2 aromatic rings. The lowest BCUT2D eigenvalue weighted by Crippen LogP contribution is -2.08. The van der Waals surface area contributed by atoms with Crippen molar-refractivity contribution in [3.63, 3.8) is 0 Å². The predicted octanol–water partition coefficient (Wildman–Crippen LogP) is -0.416. The smallest absolute Gasteiger partial charge is 0.281 e. The van der Waals surface area contributed by atoms with E-state index < -0.39 is 19.6 Å². The highest BCUT2D eigenvalue weighted by Crippen LogP contribution is 2.19. The van der Waals surface area contributed by atoms with Crippen molar-refractivity contribution in [1.29, 1.82) is 0 Å². The lowest BCUT2D eigenvalue weighted by molar-refractivity contribution is 0.603. The summed E-state index contributed by atoms with van der Waals surface area (Å²) in [4.78, 5) is 17.4. The molecular formula is C6H5ClN4O3S. The molecule has 0 aliphatic rings. The number of fused-ring (bicyclic) bond motifs is 1. The Bertz CT molecular complexity index is 686. The molecule has 0 saturated carbocycles. The van der Waals surface area contributed by atoms with Gasteiger partial charge in [0.15, 0.2) is 5.65 Å². The summed E-state index contributed by atoms with van der Waals surface area (Å²) in [7, 11) is 2.56. The molecule has 1 N–H and O–H groups in total. The zero-order chi connectivity index (χ0) is 11.2. The van der Waals surface area contributed by atoms with E-state index in [-0.39, 0.29) is 11.0 Å². The van der Waals surface area contributed by atoms with E-state index in [0.29, 0.717) is 0 Å². The second-order valence-electron chi connectivity index (χ2n) is 2.80. The molecule has 80 valence electrons. The number of nitrogens with zero attached hydrogens (tertiary/aromatic N) is 3. The number of hydrogen-bond donors (Lipinski definition) is 1. The Morgan fingerprint density at radius 2 is 2.20 bits per heavy atom. The number of aromatic amines is 1. The Morgan fingerprint density at radius 1 is 1.53 bits per heavy atom. The Balaban J connectivity index is 3.08. The van der Waals surface area contributed by atoms with Gasteiger partial charge in [0.1, 0.15) is 5.39 Å². The summed E-state index contributed by atoms with van der Waals surface area (Å²) < 4.78 is 23.4. The average molecular weight is 249 g/mol. The molecule has 0 atom stereocenters. The lowest BCUT2D eigenvalue weighted by atomic mass is 10.4. The second-order valence-corrected chi connectivity index (χ2v) is 5.28. The van der Waals surface area contributed by atoms with Crippen LogP contribution in [0, 0.1) is 0 Å². The quantitative estimate of drug-likeness (QED) is 0.692. The third-order valence-corrected chi connectivity index (χ3v) is 3.01. The summed E-state index contributed by atoms with van der Waals surface area (Å²) in [6.45, 7) is 0. The van der Waals surface area contributed by atoms with Crippen molar-refractivity contribution < 1.29 is 8.42 Å². The number of halogens is 1. The van der Waals surface area contributed by atoms with Crippen LogP contribution in [0.1, 0.15) is 0 Å². The maximum Gasteiger partial charge on any atom is 0.281 e. The molecule has 0 spiro atoms. The largest absolute Gasteiger partial charge is 0.312 e. The first-order valence-electron chi connectivity index (χ1n) is 3.76. The number of aryl methyl sites for hydroxylation is 1. The molecular weight excluding hydrogens is 244 g/mol. The van der Waals surface area contributed by atoms with E-state index in [9.17, 15) is 13.2 Å². The molecule has 0 unspecified atom stereocenters. The van der Waals surface area contributed by atoms with Gasteiger partial charge in [-0.2, -0.15) is 5.10 Å². The van der Waals surface area contributed by atoms with E-state index in [4.69, 9.17) is 10.7 Å². The highest BCUT2D eigenvalue weighted by atomic mass is 35.7. The summed E-state index contributed by atoms with van der Waals surface area (Å²) >= 11 is 0. The number of aromatic nitrogens is 4. The average Bonchev–Trinajstić information content (AvgIpc) is 2.45. The standard InChI is InChI=1S/C6H5ClN4O3S/c1-11-4-3(5(12)9-2-8-4)6(10-11)15(7,13)14/h2H,1H3,(H,8,9,12). The maximum absolute atomic E-state index is 11.4. The lowest BCUT2D eigenvalue weighted by Gasteiger charge is -1.89. The van der Waals surface area contributed by atoms with Crippen LogP contribution in [0.4, 0.5) is 0 Å². The van der Waals surface area contributed by atoms with Crippen LogP contribution in [0.25, 0.3) is 11.0 Å². The van der Waals surface area contributed by atoms with E-state index in [1.165, 1.54) is 11.7 Å². The van der Waals surface area contributed by atoms with E-state index in [1.54, 1.807) is 0 Å². The monoisotopic (exact) mass is 248 g/mol. The zero-order valence-corrected chi connectivity index (χ0v) is 9.00. The molecule has 7 nitrogen and oxygen atoms in total. The van der Waals surface area contributed by atoms with Crippen molar-refractivity contribution in [2.24, 2.45) is 7.05 Å². The van der Waals surface area contributed by atoms with Crippen LogP contribution in [0.3, 0.4) is 0 Å². The first-order valence-corrected chi connectivity index (χ1v) is 6.07. The van der Waals surface area contributed by atoms with E-state index in [0.717, 1.165) is 6.33 Å². The van der Waals surface area contributed by atoms with Gasteiger partial charge in [-0.1, -0.05) is 0 Å². The van der Waals surface area contributed by atoms with Gasteiger partial charge in [0.05, 0.1) is 6.33 Å². The van der Waals surface area contributed by atoms with Crippen molar-refractivity contribution in [3.8, 4) is 0 Å². The minimum atomic E-state index is -4.05. The Hall–Kier alpha value is -1.41. The van der Waals surface area contributed by atoms with Crippen molar-refractivity contribution in [2.45, 2.75) is 5.03 Å². The van der Waals surface area contributed by atoms with Gasteiger partial charge in [0.2, 0.25) is 5.03 Å². The van der Waals surface area contributed by atoms with Crippen molar-refractivity contribution in [1.82, 2.24) is 19.7 Å². The molecule has 0 aromatic carbocycles. The van der Waals surface area contributed by atoms with Gasteiger partial charge >= 0.3 is 0 Å². The van der Waals surface area contributed by atoms with Crippen LogP contribution in [-0.2, 0) is 16.1 Å². The molecule has 0 fully saturated rings. The Kier molecular flexibility index (Phi) is 2.05. The van der Waals surface area contributed by atoms with Crippen LogP contribution < -0.4 is 5.56 Å². The summed E-state index contributed by atoms with van der Waals surface area (Å²) in [6, 6.07) is 0. The molecule has 0 amide bonds. The van der Waals surface area contributed by atoms with Gasteiger partial charge in [0, 0.05) is 17.7 Å². The molecule has 15 heavy (non-hydrogen) atoms. The molecule has 0 radical (unpaired) electrons. The van der Waals surface area contributed by atoms with Crippen molar-refractivity contribution >= 4 is 30.8 Å². The van der Waals surface area contributed by atoms with E-state index in [2.05, 4.69) is 15.1 Å². The molecule has 2 heterocycles. The predicted molar refractivity (Wildman–Crippen MR) is 52.2 cm³/mol. The van der Waals surface area contributed by atoms with Crippen LogP contribution in [0.2, 0.25) is 0 Å². The summed E-state index contributed by atoms with van der Waals surface area (Å²) in [5.74, 6) is 0. The van der Waals surface area contributed by atoms with E-state index >= 15 is 0 Å². The molecule has 2 rings (SSSR count). The van der Waals surface area contributed by atoms with Crippen molar-refractivity contribution in [2.75, 3.05) is 0 Å². The van der Waals surface area contributed by atoms with Crippen LogP contribution in [0.5, 0.6) is 0 Å². The van der Waals surface area contributed by atoms with Crippen LogP contribution in [-0.4, -0.2) is 28.2 Å². The first-order chi connectivity index (χ1) is 6.91. The minimum Gasteiger partial charge on any atom is -0.312 e. The third-order valence-electron chi connectivity index (χ3n) is 1.83. The molecule has 0 aliphatic carbocycles. The minimum absolute atomic E-state index is 0.130. The fourth-order valence-corrected chi connectivity index (χ4v) is 2.20. The van der Waals surface area contributed by atoms with Gasteiger partial charge in [0.25, 0.3) is 14.6 Å². The van der Waals surface area contributed by atoms with Crippen LogP contribution in [0.15, 0.2) is 16.1 Å². The van der Waals surface area contributed by atoms with Gasteiger partial charge in [-0.3, -0.25) is 4.79 Å². The Morgan fingerprint density at radius 3 is 2.80 bits per heavy atom. The van der Waals surface area contributed by atoms with Gasteiger partial charge in [-0.05, 0) is 0 Å². The van der Waals surface area contributed by atoms with Crippen LogP contribution >= 0.6 is 10.7 Å². The van der Waals surface area contributed by atoms with Gasteiger partial charge in [-0.25, -0.2) is 18.1 Å². The number of rotatable bonds is 1. The number of nitrogens with one attached hydrogen (secondary N) is 1. The van der Waals surface area contributed by atoms with Gasteiger partial charge < -0.3 is 4.98 Å². The van der Waals surface area contributed by atoms with E-state index in [1.807, 2.05) is 0 Å². The molecule has 9 heteroatoms. The third kappa shape index (κ3) is 1.51.